The molecule has 0 aromatic heterocycles. The minimum Gasteiger partial charge on any atom is -0.504 e. The maximum atomic E-state index is 10.4. The van der Waals surface area contributed by atoms with Crippen molar-refractivity contribution in [2.24, 2.45) is 5.16 Å². The minimum absolute atomic E-state index is 0.0464. The lowest BCUT2D eigenvalue weighted by molar-refractivity contribution is 0.0834. The molecule has 0 saturated carbocycles. The Kier molecular flexibility index (Phi) is 5.06. The molecule has 0 saturated heterocycles. The number of nitrogens with zero attached hydrogens (tertiary/aromatic N) is 1. The van der Waals surface area contributed by atoms with Gasteiger partial charge >= 0.3 is 0 Å². The average molecular weight is 359 g/mol. The number of methoxy groups -OCH3 is 4. The molecule has 26 heavy (non-hydrogen) atoms. The summed E-state index contributed by atoms with van der Waals surface area (Å²) in [6.07, 6.45) is 0.0105. The number of hydrogen-bond donors (Lipinski definition) is 1. The van der Waals surface area contributed by atoms with E-state index in [4.69, 9.17) is 23.8 Å². The third-order valence-corrected chi connectivity index (χ3v) is 4.27. The second-order valence-electron chi connectivity index (χ2n) is 5.64. The van der Waals surface area contributed by atoms with Gasteiger partial charge in [0.05, 0.1) is 39.7 Å². The number of rotatable bonds is 6. The van der Waals surface area contributed by atoms with Crippen molar-refractivity contribution in [2.75, 3.05) is 28.4 Å². The lowest BCUT2D eigenvalue weighted by Gasteiger charge is -2.15. The molecular formula is C19H21NO6. The molecule has 3 rings (SSSR count). The second-order valence-corrected chi connectivity index (χ2v) is 5.64. The van der Waals surface area contributed by atoms with E-state index in [9.17, 15) is 5.11 Å². The van der Waals surface area contributed by atoms with E-state index in [1.54, 1.807) is 51.7 Å². The molecule has 7 nitrogen and oxygen atoms in total. The summed E-state index contributed by atoms with van der Waals surface area (Å²) in [6, 6.07) is 8.78. The zero-order chi connectivity index (χ0) is 18.7. The van der Waals surface area contributed by atoms with Gasteiger partial charge in [0.2, 0.25) is 0 Å². The minimum atomic E-state index is -0.434. The predicted molar refractivity (Wildman–Crippen MR) is 95.7 cm³/mol. The molecule has 1 aliphatic heterocycles. The lowest BCUT2D eigenvalue weighted by Crippen LogP contribution is -2.07. The number of benzene rings is 2. The molecule has 7 heteroatoms. The van der Waals surface area contributed by atoms with Crippen LogP contribution in [0.4, 0.5) is 0 Å². The number of ether oxygens (including phenoxy) is 4. The summed E-state index contributed by atoms with van der Waals surface area (Å²) in [5, 5.41) is 14.6. The summed E-state index contributed by atoms with van der Waals surface area (Å²) in [7, 11) is 6.22. The van der Waals surface area contributed by atoms with Gasteiger partial charge in [-0.15, -0.1) is 0 Å². The molecule has 0 spiro atoms. The van der Waals surface area contributed by atoms with Crippen LogP contribution in [0.25, 0.3) is 0 Å². The van der Waals surface area contributed by atoms with E-state index >= 15 is 0 Å². The van der Waals surface area contributed by atoms with Gasteiger partial charge in [0.25, 0.3) is 0 Å². The molecule has 0 aliphatic carbocycles. The van der Waals surface area contributed by atoms with Crippen molar-refractivity contribution < 1.29 is 28.9 Å². The smallest absolute Gasteiger partial charge is 0.164 e. The van der Waals surface area contributed by atoms with Crippen molar-refractivity contribution in [3.63, 3.8) is 0 Å². The Morgan fingerprint density at radius 2 is 1.62 bits per heavy atom. The van der Waals surface area contributed by atoms with Crippen LogP contribution < -0.4 is 18.9 Å². The van der Waals surface area contributed by atoms with Crippen molar-refractivity contribution in [2.45, 2.75) is 12.5 Å². The molecule has 2 aromatic rings. The summed E-state index contributed by atoms with van der Waals surface area (Å²) in [4.78, 5) is 5.57. The number of phenols is 1. The Hall–Kier alpha value is -3.09. The van der Waals surface area contributed by atoms with Gasteiger partial charge in [0.15, 0.2) is 17.6 Å². The van der Waals surface area contributed by atoms with Crippen LogP contribution in [0.15, 0.2) is 35.5 Å². The number of aromatic hydroxyl groups is 1. The molecule has 1 aliphatic rings. The van der Waals surface area contributed by atoms with Crippen LogP contribution in [-0.2, 0) is 4.84 Å². The number of hydrogen-bond acceptors (Lipinski definition) is 7. The van der Waals surface area contributed by atoms with Crippen LogP contribution >= 0.6 is 0 Å². The first-order valence-electron chi connectivity index (χ1n) is 8.01. The predicted octanol–water partition coefficient (Wildman–Crippen LogP) is 3.29. The maximum Gasteiger partial charge on any atom is 0.164 e. The Morgan fingerprint density at radius 1 is 0.962 bits per heavy atom. The van der Waals surface area contributed by atoms with Crippen molar-refractivity contribution in [1.29, 1.82) is 0 Å². The molecule has 2 aromatic carbocycles. The number of oxime groups is 1. The van der Waals surface area contributed by atoms with Crippen molar-refractivity contribution in [1.82, 2.24) is 0 Å². The molecule has 0 unspecified atom stereocenters. The molecular weight excluding hydrogens is 338 g/mol. The fraction of sp³-hybridized carbons (Fsp3) is 0.316. The fourth-order valence-electron chi connectivity index (χ4n) is 2.95. The molecule has 1 atom stereocenters. The van der Waals surface area contributed by atoms with E-state index in [0.717, 1.165) is 0 Å². The first kappa shape index (κ1) is 17.7. The molecule has 0 amide bonds. The van der Waals surface area contributed by atoms with Crippen molar-refractivity contribution >= 4 is 5.71 Å². The highest BCUT2D eigenvalue weighted by Crippen LogP contribution is 2.42. The van der Waals surface area contributed by atoms with Crippen LogP contribution in [0.5, 0.6) is 28.7 Å². The maximum absolute atomic E-state index is 10.4. The lowest BCUT2D eigenvalue weighted by atomic mass is 9.98. The highest BCUT2D eigenvalue weighted by atomic mass is 16.6. The first-order valence-corrected chi connectivity index (χ1v) is 8.01. The Bertz CT molecular complexity index is 808. The summed E-state index contributed by atoms with van der Waals surface area (Å²) < 4.78 is 21.4. The zero-order valence-corrected chi connectivity index (χ0v) is 15.1. The van der Waals surface area contributed by atoms with Crippen molar-refractivity contribution in [3.05, 3.63) is 41.5 Å². The monoisotopic (exact) mass is 359 g/mol. The normalized spacial score (nSPS) is 15.8. The first-order chi connectivity index (χ1) is 12.6. The SMILES string of the molecule is COc1cc(OC)c(C2=NO[C@H](c3cccc(OC)c3O)C2)c(OC)c1. The van der Waals surface area contributed by atoms with Gasteiger partial charge in [0.1, 0.15) is 17.2 Å². The fourth-order valence-corrected chi connectivity index (χ4v) is 2.95. The van der Waals surface area contributed by atoms with Crippen LogP contribution in [0.1, 0.15) is 23.7 Å². The summed E-state index contributed by atoms with van der Waals surface area (Å²) in [5.41, 5.74) is 1.96. The molecule has 0 bridgehead atoms. The molecule has 1 N–H and O–H groups in total. The third kappa shape index (κ3) is 3.08. The van der Waals surface area contributed by atoms with Crippen LogP contribution in [-0.4, -0.2) is 39.3 Å². The third-order valence-electron chi connectivity index (χ3n) is 4.27. The van der Waals surface area contributed by atoms with Crippen LogP contribution in [0.3, 0.4) is 0 Å². The van der Waals surface area contributed by atoms with Gasteiger partial charge < -0.3 is 28.9 Å². The van der Waals surface area contributed by atoms with Gasteiger partial charge in [0, 0.05) is 24.1 Å². The van der Waals surface area contributed by atoms with Crippen LogP contribution in [0.2, 0.25) is 0 Å². The largest absolute Gasteiger partial charge is 0.504 e. The zero-order valence-electron chi connectivity index (χ0n) is 15.1. The molecule has 1 heterocycles. The Morgan fingerprint density at radius 3 is 2.19 bits per heavy atom. The van der Waals surface area contributed by atoms with E-state index in [1.165, 1.54) is 7.11 Å². The highest BCUT2D eigenvalue weighted by Gasteiger charge is 2.31. The quantitative estimate of drug-likeness (QED) is 0.853. The van der Waals surface area contributed by atoms with E-state index in [0.29, 0.717) is 46.3 Å². The van der Waals surface area contributed by atoms with E-state index in [1.807, 2.05) is 0 Å². The summed E-state index contributed by atoms with van der Waals surface area (Å²) in [5.74, 6) is 2.19. The van der Waals surface area contributed by atoms with Gasteiger partial charge in [-0.1, -0.05) is 17.3 Å². The molecule has 0 radical (unpaired) electrons. The second kappa shape index (κ2) is 7.43. The van der Waals surface area contributed by atoms with Crippen LogP contribution in [0, 0.1) is 0 Å². The number of para-hydroxylation sites is 1. The number of phenolic OH excluding ortho intramolecular Hbond substituents is 1. The summed E-state index contributed by atoms with van der Waals surface area (Å²) >= 11 is 0. The van der Waals surface area contributed by atoms with Gasteiger partial charge in [-0.25, -0.2) is 0 Å². The Labute approximate surface area is 151 Å². The summed E-state index contributed by atoms with van der Waals surface area (Å²) in [6.45, 7) is 0. The van der Waals surface area contributed by atoms with E-state index in [2.05, 4.69) is 5.16 Å². The van der Waals surface area contributed by atoms with Crippen molar-refractivity contribution in [3.8, 4) is 28.7 Å². The van der Waals surface area contributed by atoms with Gasteiger partial charge in [-0.2, -0.15) is 0 Å². The van der Waals surface area contributed by atoms with Gasteiger partial charge in [-0.05, 0) is 6.07 Å². The van der Waals surface area contributed by atoms with Gasteiger partial charge in [-0.3, -0.25) is 0 Å². The molecule has 0 fully saturated rings. The van der Waals surface area contributed by atoms with E-state index < -0.39 is 6.10 Å². The standard InChI is InChI=1S/C19H21NO6/c1-22-11-8-16(24-3)18(17(9-11)25-4)13-10-15(26-20-13)12-6-5-7-14(23-2)19(12)21/h5-9,15,21H,10H2,1-4H3/t15-/m0/s1. The molecule has 138 valence electrons. The van der Waals surface area contributed by atoms with E-state index in [-0.39, 0.29) is 5.75 Å². The highest BCUT2D eigenvalue weighted by molar-refractivity contribution is 6.06. The Balaban J connectivity index is 1.94. The average Bonchev–Trinajstić information content (AvgIpc) is 3.16. The topological polar surface area (TPSA) is 78.7 Å².